The second-order valence-corrected chi connectivity index (χ2v) is 3.64. The molecule has 0 amide bonds. The van der Waals surface area contributed by atoms with Gasteiger partial charge in [0.05, 0.1) is 6.61 Å². The summed E-state index contributed by atoms with van der Waals surface area (Å²) in [6.07, 6.45) is 2.07. The van der Waals surface area contributed by atoms with Crippen LogP contribution in [0.1, 0.15) is 30.0 Å². The second kappa shape index (κ2) is 3.38. The van der Waals surface area contributed by atoms with Crippen LogP contribution in [0.25, 0.3) is 0 Å². The maximum atomic E-state index is 6.02. The van der Waals surface area contributed by atoms with Gasteiger partial charge in [-0.1, -0.05) is 12.1 Å². The van der Waals surface area contributed by atoms with Crippen LogP contribution in [-0.4, -0.2) is 6.61 Å². The van der Waals surface area contributed by atoms with Crippen molar-refractivity contribution in [1.82, 2.24) is 0 Å². The largest absolute Gasteiger partial charge is 0.493 e. The molecule has 1 aromatic carbocycles. The Morgan fingerprint density at radius 3 is 3.15 bits per heavy atom. The van der Waals surface area contributed by atoms with Gasteiger partial charge in [-0.2, -0.15) is 0 Å². The van der Waals surface area contributed by atoms with Crippen LogP contribution < -0.4 is 10.5 Å². The Hall–Kier alpha value is -1.02. The van der Waals surface area contributed by atoms with Gasteiger partial charge in [0.15, 0.2) is 0 Å². The number of hydrogen-bond donors (Lipinski definition) is 1. The van der Waals surface area contributed by atoms with Gasteiger partial charge < -0.3 is 10.5 Å². The van der Waals surface area contributed by atoms with Crippen LogP contribution in [0.15, 0.2) is 18.2 Å². The van der Waals surface area contributed by atoms with E-state index in [0.717, 1.165) is 30.8 Å². The van der Waals surface area contributed by atoms with E-state index in [4.69, 9.17) is 10.5 Å². The highest BCUT2D eigenvalue weighted by Gasteiger charge is 2.15. The van der Waals surface area contributed by atoms with E-state index in [1.165, 1.54) is 5.56 Å². The smallest absolute Gasteiger partial charge is 0.124 e. The van der Waals surface area contributed by atoms with Gasteiger partial charge in [-0.3, -0.25) is 0 Å². The van der Waals surface area contributed by atoms with Gasteiger partial charge in [-0.05, 0) is 31.4 Å². The van der Waals surface area contributed by atoms with Crippen molar-refractivity contribution in [3.05, 3.63) is 29.3 Å². The third-order valence-corrected chi connectivity index (χ3v) is 2.49. The highest BCUT2D eigenvalue weighted by atomic mass is 16.5. The van der Waals surface area contributed by atoms with E-state index in [-0.39, 0.29) is 6.04 Å². The van der Waals surface area contributed by atoms with Crippen LogP contribution in [0.4, 0.5) is 0 Å². The fourth-order valence-electron chi connectivity index (χ4n) is 1.71. The van der Waals surface area contributed by atoms with Crippen molar-refractivity contribution in [2.75, 3.05) is 6.61 Å². The van der Waals surface area contributed by atoms with Gasteiger partial charge in [0, 0.05) is 11.6 Å². The SMILES string of the molecule is Cc1ccc2c(c1)OCCC[C@H]2N. The zero-order chi connectivity index (χ0) is 9.26. The number of rotatable bonds is 0. The maximum Gasteiger partial charge on any atom is 0.124 e. The fraction of sp³-hybridized carbons (Fsp3) is 0.455. The molecule has 0 aliphatic carbocycles. The third-order valence-electron chi connectivity index (χ3n) is 2.49. The first-order chi connectivity index (χ1) is 6.27. The molecule has 2 rings (SSSR count). The maximum absolute atomic E-state index is 6.02. The lowest BCUT2D eigenvalue weighted by molar-refractivity contribution is 0.316. The van der Waals surface area contributed by atoms with Crippen LogP contribution in [0.3, 0.4) is 0 Å². The zero-order valence-corrected chi connectivity index (χ0v) is 7.92. The molecule has 0 saturated carbocycles. The average molecular weight is 177 g/mol. The Morgan fingerprint density at radius 2 is 2.31 bits per heavy atom. The molecule has 0 unspecified atom stereocenters. The van der Waals surface area contributed by atoms with E-state index >= 15 is 0 Å². The van der Waals surface area contributed by atoms with E-state index in [2.05, 4.69) is 25.1 Å². The normalized spacial score (nSPS) is 21.5. The molecular weight excluding hydrogens is 162 g/mol. The molecule has 0 fully saturated rings. The molecule has 0 bridgehead atoms. The summed E-state index contributed by atoms with van der Waals surface area (Å²) >= 11 is 0. The second-order valence-electron chi connectivity index (χ2n) is 3.64. The van der Waals surface area contributed by atoms with Crippen molar-refractivity contribution in [2.24, 2.45) is 5.73 Å². The minimum atomic E-state index is 0.151. The van der Waals surface area contributed by atoms with Gasteiger partial charge in [-0.15, -0.1) is 0 Å². The van der Waals surface area contributed by atoms with E-state index in [0.29, 0.717) is 0 Å². The lowest BCUT2D eigenvalue weighted by Crippen LogP contribution is -2.08. The molecule has 0 saturated heterocycles. The molecule has 1 aliphatic rings. The average Bonchev–Trinajstić information content (AvgIpc) is 2.28. The minimum absolute atomic E-state index is 0.151. The predicted octanol–water partition coefficient (Wildman–Crippen LogP) is 2.17. The van der Waals surface area contributed by atoms with Gasteiger partial charge in [-0.25, -0.2) is 0 Å². The molecule has 2 N–H and O–H groups in total. The minimum Gasteiger partial charge on any atom is -0.493 e. The molecule has 1 atom stereocenters. The summed E-state index contributed by atoms with van der Waals surface area (Å²) in [5.41, 5.74) is 8.40. The molecule has 0 spiro atoms. The van der Waals surface area contributed by atoms with Gasteiger partial charge in [0.1, 0.15) is 5.75 Å². The fourth-order valence-corrected chi connectivity index (χ4v) is 1.71. The van der Waals surface area contributed by atoms with E-state index < -0.39 is 0 Å². The Kier molecular flexibility index (Phi) is 2.23. The summed E-state index contributed by atoms with van der Waals surface area (Å²) in [6.45, 7) is 2.87. The topological polar surface area (TPSA) is 35.2 Å². The lowest BCUT2D eigenvalue weighted by atomic mass is 10.0. The number of benzene rings is 1. The first kappa shape index (κ1) is 8.57. The molecule has 1 heterocycles. The van der Waals surface area contributed by atoms with Crippen LogP contribution >= 0.6 is 0 Å². The lowest BCUT2D eigenvalue weighted by Gasteiger charge is -2.11. The molecular formula is C11H15NO. The molecule has 1 aliphatic heterocycles. The predicted molar refractivity (Wildman–Crippen MR) is 52.8 cm³/mol. The molecule has 2 nitrogen and oxygen atoms in total. The summed E-state index contributed by atoms with van der Waals surface area (Å²) in [6, 6.07) is 6.40. The van der Waals surface area contributed by atoms with Crippen LogP contribution in [0.2, 0.25) is 0 Å². The summed E-state index contributed by atoms with van der Waals surface area (Å²) in [5.74, 6) is 0.977. The Labute approximate surface area is 78.7 Å². The summed E-state index contributed by atoms with van der Waals surface area (Å²) in [7, 11) is 0. The first-order valence-corrected chi connectivity index (χ1v) is 4.76. The highest BCUT2D eigenvalue weighted by Crippen LogP contribution is 2.30. The number of ether oxygens (including phenoxy) is 1. The zero-order valence-electron chi connectivity index (χ0n) is 7.92. The number of nitrogens with two attached hydrogens (primary N) is 1. The van der Waals surface area contributed by atoms with Gasteiger partial charge in [0.2, 0.25) is 0 Å². The van der Waals surface area contributed by atoms with Crippen molar-refractivity contribution >= 4 is 0 Å². The molecule has 0 radical (unpaired) electrons. The molecule has 0 aromatic heterocycles. The quantitative estimate of drug-likeness (QED) is 0.659. The molecule has 70 valence electrons. The first-order valence-electron chi connectivity index (χ1n) is 4.76. The van der Waals surface area contributed by atoms with Gasteiger partial charge >= 0.3 is 0 Å². The van der Waals surface area contributed by atoms with Gasteiger partial charge in [0.25, 0.3) is 0 Å². The standard InChI is InChI=1S/C11H15NO/c1-8-4-5-9-10(12)3-2-6-13-11(9)7-8/h4-5,7,10H,2-3,6,12H2,1H3/t10-/m1/s1. The molecule has 2 heteroatoms. The number of aryl methyl sites for hydroxylation is 1. The van der Waals surface area contributed by atoms with Crippen molar-refractivity contribution in [3.63, 3.8) is 0 Å². The van der Waals surface area contributed by atoms with Crippen molar-refractivity contribution in [3.8, 4) is 5.75 Å². The van der Waals surface area contributed by atoms with Crippen LogP contribution in [-0.2, 0) is 0 Å². The molecule has 1 aromatic rings. The van der Waals surface area contributed by atoms with Crippen LogP contribution in [0.5, 0.6) is 5.75 Å². The highest BCUT2D eigenvalue weighted by molar-refractivity contribution is 5.39. The molecule has 13 heavy (non-hydrogen) atoms. The van der Waals surface area contributed by atoms with Crippen LogP contribution in [0, 0.1) is 6.92 Å². The number of fused-ring (bicyclic) bond motifs is 1. The van der Waals surface area contributed by atoms with Crippen molar-refractivity contribution in [2.45, 2.75) is 25.8 Å². The summed E-state index contributed by atoms with van der Waals surface area (Å²) in [4.78, 5) is 0. The summed E-state index contributed by atoms with van der Waals surface area (Å²) < 4.78 is 5.62. The van der Waals surface area contributed by atoms with E-state index in [9.17, 15) is 0 Å². The third kappa shape index (κ3) is 1.68. The number of hydrogen-bond acceptors (Lipinski definition) is 2. The monoisotopic (exact) mass is 177 g/mol. The Balaban J connectivity index is 2.42. The van der Waals surface area contributed by atoms with E-state index in [1.807, 2.05) is 0 Å². The Bertz CT molecular complexity index is 309. The Morgan fingerprint density at radius 1 is 1.46 bits per heavy atom. The van der Waals surface area contributed by atoms with Crippen molar-refractivity contribution < 1.29 is 4.74 Å². The van der Waals surface area contributed by atoms with Crippen molar-refractivity contribution in [1.29, 1.82) is 0 Å². The van der Waals surface area contributed by atoms with E-state index in [1.54, 1.807) is 0 Å². The summed E-state index contributed by atoms with van der Waals surface area (Å²) in [5, 5.41) is 0.